The fraction of sp³-hybridized carbons (Fsp3) is 0.258. The predicted octanol–water partition coefficient (Wildman–Crippen LogP) is 6.52. The Morgan fingerprint density at radius 1 is 0.868 bits per heavy atom. The summed E-state index contributed by atoms with van der Waals surface area (Å²) in [6.07, 6.45) is 5.52. The first-order valence-electron chi connectivity index (χ1n) is 12.9. The molecule has 7 heteroatoms. The summed E-state index contributed by atoms with van der Waals surface area (Å²) in [6, 6.07) is 22.9. The van der Waals surface area contributed by atoms with Gasteiger partial charge >= 0.3 is 6.09 Å². The minimum absolute atomic E-state index is 0.0407. The van der Waals surface area contributed by atoms with Gasteiger partial charge in [0.1, 0.15) is 23.4 Å². The second-order valence-electron chi connectivity index (χ2n) is 9.51. The van der Waals surface area contributed by atoms with Crippen LogP contribution in [-0.2, 0) is 6.42 Å². The van der Waals surface area contributed by atoms with Crippen LogP contribution in [0.2, 0.25) is 0 Å². The van der Waals surface area contributed by atoms with Crippen molar-refractivity contribution in [1.29, 1.82) is 0 Å². The molecule has 0 saturated carbocycles. The normalized spacial score (nSPS) is 13.7. The Kier molecular flexibility index (Phi) is 7.83. The fourth-order valence-electron chi connectivity index (χ4n) is 4.31. The monoisotopic (exact) mass is 509 g/mol. The van der Waals surface area contributed by atoms with Gasteiger partial charge in [0.05, 0.1) is 0 Å². The molecule has 7 nitrogen and oxygen atoms in total. The van der Waals surface area contributed by atoms with Crippen molar-refractivity contribution in [3.05, 3.63) is 108 Å². The lowest BCUT2D eigenvalue weighted by atomic mass is 10.1. The van der Waals surface area contributed by atoms with Crippen molar-refractivity contribution >= 4 is 6.09 Å². The van der Waals surface area contributed by atoms with Crippen molar-refractivity contribution < 1.29 is 19.0 Å². The molecule has 4 aromatic rings. The number of nitrogens with zero attached hydrogens (tertiary/aromatic N) is 3. The number of aromatic nitrogens is 2. The number of carbonyl (C=O) groups excluding carboxylic acids is 1. The van der Waals surface area contributed by atoms with E-state index in [0.717, 1.165) is 47.4 Å². The van der Waals surface area contributed by atoms with E-state index < -0.39 is 0 Å². The highest BCUT2D eigenvalue weighted by atomic mass is 16.6. The first-order chi connectivity index (χ1) is 18.5. The van der Waals surface area contributed by atoms with Gasteiger partial charge in [0.15, 0.2) is 0 Å². The molecule has 0 atom stereocenters. The quantitative estimate of drug-likeness (QED) is 0.282. The van der Waals surface area contributed by atoms with Crippen LogP contribution in [0.4, 0.5) is 4.79 Å². The van der Waals surface area contributed by atoms with Gasteiger partial charge in [-0.1, -0.05) is 24.3 Å². The summed E-state index contributed by atoms with van der Waals surface area (Å²) in [5, 5.41) is 0. The summed E-state index contributed by atoms with van der Waals surface area (Å²) in [7, 11) is 0. The van der Waals surface area contributed by atoms with E-state index in [-0.39, 0.29) is 12.2 Å². The molecule has 2 aromatic heterocycles. The maximum atomic E-state index is 12.7. The van der Waals surface area contributed by atoms with Gasteiger partial charge in [-0.05, 0) is 73.0 Å². The lowest BCUT2D eigenvalue weighted by Gasteiger charge is -2.31. The van der Waals surface area contributed by atoms with Gasteiger partial charge in [0.25, 0.3) is 0 Å². The molecule has 1 saturated heterocycles. The Bertz CT molecular complexity index is 1350. The summed E-state index contributed by atoms with van der Waals surface area (Å²) in [4.78, 5) is 23.1. The molecule has 0 unspecified atom stereocenters. The van der Waals surface area contributed by atoms with Gasteiger partial charge in [-0.25, -0.2) is 9.78 Å². The molecule has 1 fully saturated rings. The van der Waals surface area contributed by atoms with Crippen molar-refractivity contribution in [2.75, 3.05) is 13.1 Å². The average molecular weight is 510 g/mol. The Hall–Kier alpha value is -4.39. The maximum absolute atomic E-state index is 12.7. The highest BCUT2D eigenvalue weighted by Gasteiger charge is 2.25. The third kappa shape index (κ3) is 6.68. The first-order valence-corrected chi connectivity index (χ1v) is 12.9. The van der Waals surface area contributed by atoms with E-state index in [0.29, 0.717) is 30.5 Å². The first kappa shape index (κ1) is 25.3. The molecule has 1 aliphatic rings. The molecule has 0 aliphatic carbocycles. The molecule has 194 valence electrons. The summed E-state index contributed by atoms with van der Waals surface area (Å²) < 4.78 is 17.5. The summed E-state index contributed by atoms with van der Waals surface area (Å²) in [6.45, 7) is 5.21. The van der Waals surface area contributed by atoms with Gasteiger partial charge in [0, 0.05) is 56.5 Å². The second kappa shape index (κ2) is 11.8. The average Bonchev–Trinajstić information content (AvgIpc) is 2.94. The van der Waals surface area contributed by atoms with Gasteiger partial charge in [-0.2, -0.15) is 0 Å². The van der Waals surface area contributed by atoms with E-state index in [1.165, 1.54) is 0 Å². The van der Waals surface area contributed by atoms with Gasteiger partial charge in [0.2, 0.25) is 5.88 Å². The summed E-state index contributed by atoms with van der Waals surface area (Å²) in [5.41, 5.74) is 4.42. The van der Waals surface area contributed by atoms with Crippen molar-refractivity contribution in [3.8, 4) is 23.1 Å². The lowest BCUT2D eigenvalue weighted by Crippen LogP contribution is -2.43. The number of rotatable bonds is 7. The van der Waals surface area contributed by atoms with Crippen molar-refractivity contribution in [2.24, 2.45) is 0 Å². The third-order valence-corrected chi connectivity index (χ3v) is 6.55. The standard InChI is InChI=1S/C31H31N3O4/c1-22-5-14-30(33-21-22)37-26-12-10-25(11-13-26)36-28-15-18-34(19-16-28)31(35)38-27-8-6-24(7-9-27)20-29-23(2)4-3-17-32-29/h3-14,17,21,28H,15-16,18-20H2,1-2H3. The number of amides is 1. The molecule has 1 aliphatic heterocycles. The van der Waals surface area contributed by atoms with Crippen LogP contribution < -0.4 is 14.2 Å². The Labute approximate surface area is 223 Å². The van der Waals surface area contributed by atoms with Crippen molar-refractivity contribution in [3.63, 3.8) is 0 Å². The van der Waals surface area contributed by atoms with Crippen LogP contribution >= 0.6 is 0 Å². The zero-order valence-electron chi connectivity index (χ0n) is 21.7. The molecular weight excluding hydrogens is 478 g/mol. The predicted molar refractivity (Wildman–Crippen MR) is 145 cm³/mol. The second-order valence-corrected chi connectivity index (χ2v) is 9.51. The highest BCUT2D eigenvalue weighted by molar-refractivity contribution is 5.70. The van der Waals surface area contributed by atoms with Crippen LogP contribution in [0.3, 0.4) is 0 Å². The Morgan fingerprint density at radius 3 is 2.26 bits per heavy atom. The van der Waals surface area contributed by atoms with Gasteiger partial charge in [-0.3, -0.25) is 4.98 Å². The minimum Gasteiger partial charge on any atom is -0.490 e. The summed E-state index contributed by atoms with van der Waals surface area (Å²) >= 11 is 0. The molecule has 0 spiro atoms. The zero-order chi connectivity index (χ0) is 26.3. The number of hydrogen-bond donors (Lipinski definition) is 0. The summed E-state index contributed by atoms with van der Waals surface area (Å²) in [5.74, 6) is 2.57. The molecule has 0 radical (unpaired) electrons. The number of hydrogen-bond acceptors (Lipinski definition) is 6. The van der Waals surface area contributed by atoms with Crippen molar-refractivity contribution in [2.45, 2.75) is 39.2 Å². The van der Waals surface area contributed by atoms with E-state index >= 15 is 0 Å². The van der Waals surface area contributed by atoms with Crippen LogP contribution in [0.5, 0.6) is 23.1 Å². The SMILES string of the molecule is Cc1ccc(Oc2ccc(OC3CCN(C(=O)Oc4ccc(Cc5ncccc5C)cc4)CC3)cc2)nc1. The van der Waals surface area contributed by atoms with Crippen LogP contribution in [0.25, 0.3) is 0 Å². The van der Waals surface area contributed by atoms with Gasteiger partial charge in [-0.15, -0.1) is 0 Å². The molecule has 5 rings (SSSR count). The number of ether oxygens (including phenoxy) is 3. The maximum Gasteiger partial charge on any atom is 0.415 e. The van der Waals surface area contributed by atoms with Crippen LogP contribution in [0.1, 0.15) is 35.2 Å². The molecule has 1 amide bonds. The lowest BCUT2D eigenvalue weighted by molar-refractivity contribution is 0.0930. The third-order valence-electron chi connectivity index (χ3n) is 6.55. The number of pyridine rings is 2. The number of aryl methyl sites for hydroxylation is 2. The molecule has 0 bridgehead atoms. The number of piperidine rings is 1. The van der Waals surface area contributed by atoms with Crippen LogP contribution in [-0.4, -0.2) is 40.2 Å². The number of benzene rings is 2. The largest absolute Gasteiger partial charge is 0.490 e. The number of likely N-dealkylation sites (tertiary alicyclic amines) is 1. The van der Waals surface area contributed by atoms with Crippen molar-refractivity contribution in [1.82, 2.24) is 14.9 Å². The fourth-order valence-corrected chi connectivity index (χ4v) is 4.31. The smallest absolute Gasteiger partial charge is 0.415 e. The molecule has 2 aromatic carbocycles. The van der Waals surface area contributed by atoms with E-state index in [2.05, 4.69) is 23.0 Å². The topological polar surface area (TPSA) is 73.8 Å². The molecule has 0 N–H and O–H groups in total. The van der Waals surface area contributed by atoms with E-state index in [4.69, 9.17) is 14.2 Å². The van der Waals surface area contributed by atoms with E-state index in [1.54, 1.807) is 11.1 Å². The molecule has 38 heavy (non-hydrogen) atoms. The Balaban J connectivity index is 1.06. The zero-order valence-corrected chi connectivity index (χ0v) is 21.7. The Morgan fingerprint density at radius 2 is 1.58 bits per heavy atom. The van der Waals surface area contributed by atoms with Gasteiger partial charge < -0.3 is 19.1 Å². The van der Waals surface area contributed by atoms with E-state index in [1.807, 2.05) is 79.9 Å². The van der Waals surface area contributed by atoms with Crippen LogP contribution in [0.15, 0.2) is 85.2 Å². The van der Waals surface area contributed by atoms with Crippen LogP contribution in [0, 0.1) is 13.8 Å². The highest BCUT2D eigenvalue weighted by Crippen LogP contribution is 2.25. The number of carbonyl (C=O) groups is 1. The molecular formula is C31H31N3O4. The molecule has 3 heterocycles. The minimum atomic E-state index is -0.331. The van der Waals surface area contributed by atoms with E-state index in [9.17, 15) is 4.79 Å².